The van der Waals surface area contributed by atoms with Crippen LogP contribution in [0.3, 0.4) is 0 Å². The molecule has 1 unspecified atom stereocenters. The summed E-state index contributed by atoms with van der Waals surface area (Å²) >= 11 is 0. The van der Waals surface area contributed by atoms with Crippen LogP contribution in [0.4, 0.5) is 0 Å². The molecule has 0 bridgehead atoms. The van der Waals surface area contributed by atoms with Gasteiger partial charge in [0, 0.05) is 38.8 Å². The summed E-state index contributed by atoms with van der Waals surface area (Å²) in [4.78, 5) is 0. The van der Waals surface area contributed by atoms with E-state index in [2.05, 4.69) is 19.2 Å². The summed E-state index contributed by atoms with van der Waals surface area (Å²) in [6, 6.07) is 0.842. The standard InChI is InChI=1S/C15H31N.CH3.Y/c1-3-5-10-14(9-4-2)13-16-15-11-7-6-8-12-15;;/h14-16H,3-13H2,1-2H3;1H3;/q;-1;. The van der Waals surface area contributed by atoms with Crippen molar-refractivity contribution in [2.75, 3.05) is 6.54 Å². The Balaban J connectivity index is 0. The van der Waals surface area contributed by atoms with Gasteiger partial charge in [-0.15, -0.1) is 0 Å². The minimum atomic E-state index is 0. The van der Waals surface area contributed by atoms with Crippen LogP contribution in [0.5, 0.6) is 0 Å². The maximum absolute atomic E-state index is 3.82. The fourth-order valence-corrected chi connectivity index (χ4v) is 2.89. The molecule has 1 radical (unpaired) electrons. The maximum Gasteiger partial charge on any atom is 0.00671 e. The smallest absolute Gasteiger partial charge is 0.00671 e. The first-order chi connectivity index (χ1) is 7.86. The van der Waals surface area contributed by atoms with Gasteiger partial charge in [0.1, 0.15) is 0 Å². The van der Waals surface area contributed by atoms with Crippen molar-refractivity contribution in [1.29, 1.82) is 0 Å². The third-order valence-electron chi connectivity index (χ3n) is 3.96. The molecule has 1 aliphatic rings. The summed E-state index contributed by atoms with van der Waals surface area (Å²) in [6.45, 7) is 5.90. The van der Waals surface area contributed by atoms with Crippen LogP contribution in [0.15, 0.2) is 0 Å². The Morgan fingerprint density at radius 3 is 2.22 bits per heavy atom. The third kappa shape index (κ3) is 9.92. The van der Waals surface area contributed by atoms with Gasteiger partial charge in [0.05, 0.1) is 0 Å². The molecule has 1 rings (SSSR count). The summed E-state index contributed by atoms with van der Waals surface area (Å²) in [7, 11) is 0. The topological polar surface area (TPSA) is 12.0 Å². The predicted octanol–water partition coefficient (Wildman–Crippen LogP) is 4.96. The largest absolute Gasteiger partial charge is 0.358 e. The van der Waals surface area contributed by atoms with Crippen LogP contribution in [0.25, 0.3) is 0 Å². The van der Waals surface area contributed by atoms with Gasteiger partial charge in [-0.3, -0.25) is 0 Å². The molecular formula is C16H34NY-. The SMILES string of the molecule is CCCCC(CCC)CNC1CCCCC1.[CH3-].[Y]. The van der Waals surface area contributed by atoms with Crippen LogP contribution in [-0.4, -0.2) is 12.6 Å². The molecule has 0 heterocycles. The molecule has 1 fully saturated rings. The quantitative estimate of drug-likeness (QED) is 0.621. The van der Waals surface area contributed by atoms with Crippen LogP contribution in [0.2, 0.25) is 0 Å². The van der Waals surface area contributed by atoms with Crippen LogP contribution in [0.1, 0.15) is 78.1 Å². The van der Waals surface area contributed by atoms with Crippen molar-refractivity contribution < 1.29 is 32.7 Å². The van der Waals surface area contributed by atoms with E-state index in [1.807, 2.05) is 0 Å². The summed E-state index contributed by atoms with van der Waals surface area (Å²) < 4.78 is 0. The Morgan fingerprint density at radius 2 is 1.67 bits per heavy atom. The zero-order valence-electron chi connectivity index (χ0n) is 13.0. The Labute approximate surface area is 141 Å². The Hall–Kier alpha value is 1.06. The molecule has 1 N–H and O–H groups in total. The van der Waals surface area contributed by atoms with Crippen LogP contribution in [-0.2, 0) is 32.7 Å². The second kappa shape index (κ2) is 14.5. The van der Waals surface area contributed by atoms with Crippen molar-refractivity contribution in [1.82, 2.24) is 5.32 Å². The average Bonchev–Trinajstić information content (AvgIpc) is 2.34. The molecule has 1 nitrogen and oxygen atoms in total. The van der Waals surface area contributed by atoms with Crippen molar-refractivity contribution in [3.63, 3.8) is 0 Å². The predicted molar refractivity (Wildman–Crippen MR) is 79.2 cm³/mol. The summed E-state index contributed by atoms with van der Waals surface area (Å²) in [5.74, 6) is 0.937. The van der Waals surface area contributed by atoms with E-state index in [0.717, 1.165) is 12.0 Å². The van der Waals surface area contributed by atoms with E-state index in [1.54, 1.807) is 0 Å². The monoisotopic (exact) mass is 329 g/mol. The summed E-state index contributed by atoms with van der Waals surface area (Å²) in [5.41, 5.74) is 0. The zero-order chi connectivity index (χ0) is 11.6. The Bertz CT molecular complexity index is 155. The first kappa shape index (κ1) is 21.4. The Kier molecular flexibility index (Phi) is 17.2. The molecule has 107 valence electrons. The number of hydrogen-bond acceptors (Lipinski definition) is 1. The number of rotatable bonds is 8. The van der Waals surface area contributed by atoms with Crippen LogP contribution in [0, 0.1) is 13.3 Å². The molecule has 1 aliphatic carbocycles. The molecule has 2 heteroatoms. The summed E-state index contributed by atoms with van der Waals surface area (Å²) in [6.07, 6.45) is 14.2. The van der Waals surface area contributed by atoms with Gasteiger partial charge in [0.25, 0.3) is 0 Å². The fourth-order valence-electron chi connectivity index (χ4n) is 2.89. The normalized spacial score (nSPS) is 17.7. The van der Waals surface area contributed by atoms with Crippen molar-refractivity contribution >= 4 is 0 Å². The molecule has 0 saturated heterocycles. The molecule has 0 amide bonds. The number of nitrogens with one attached hydrogen (secondary N) is 1. The summed E-state index contributed by atoms with van der Waals surface area (Å²) in [5, 5.41) is 3.82. The van der Waals surface area contributed by atoms with E-state index in [-0.39, 0.29) is 40.1 Å². The minimum absolute atomic E-state index is 0. The molecular weight excluding hydrogens is 295 g/mol. The second-order valence-electron chi connectivity index (χ2n) is 5.54. The molecule has 0 aromatic carbocycles. The van der Waals surface area contributed by atoms with Gasteiger partial charge in [0.15, 0.2) is 0 Å². The van der Waals surface area contributed by atoms with Crippen LogP contribution >= 0.6 is 0 Å². The number of unbranched alkanes of at least 4 members (excludes halogenated alkanes) is 1. The zero-order valence-corrected chi connectivity index (χ0v) is 15.8. The van der Waals surface area contributed by atoms with Gasteiger partial charge in [-0.2, -0.15) is 0 Å². The van der Waals surface area contributed by atoms with Gasteiger partial charge in [-0.25, -0.2) is 0 Å². The molecule has 0 spiro atoms. The third-order valence-corrected chi connectivity index (χ3v) is 3.96. The van der Waals surface area contributed by atoms with Gasteiger partial charge >= 0.3 is 0 Å². The van der Waals surface area contributed by atoms with Gasteiger partial charge in [0.2, 0.25) is 0 Å². The molecule has 0 aromatic rings. The molecule has 1 saturated carbocycles. The van der Waals surface area contributed by atoms with E-state index in [4.69, 9.17) is 0 Å². The molecule has 18 heavy (non-hydrogen) atoms. The molecule has 1 atom stereocenters. The van der Waals surface area contributed by atoms with Crippen molar-refractivity contribution in [2.24, 2.45) is 5.92 Å². The molecule has 0 aromatic heterocycles. The van der Waals surface area contributed by atoms with Gasteiger partial charge in [-0.1, -0.05) is 52.4 Å². The van der Waals surface area contributed by atoms with Crippen molar-refractivity contribution in [2.45, 2.75) is 84.1 Å². The van der Waals surface area contributed by atoms with E-state index in [9.17, 15) is 0 Å². The van der Waals surface area contributed by atoms with Crippen molar-refractivity contribution in [3.05, 3.63) is 7.43 Å². The molecule has 0 aliphatic heterocycles. The van der Waals surface area contributed by atoms with Gasteiger partial charge < -0.3 is 12.7 Å². The fraction of sp³-hybridized carbons (Fsp3) is 0.938. The number of hydrogen-bond donors (Lipinski definition) is 1. The van der Waals surface area contributed by atoms with E-state index >= 15 is 0 Å². The van der Waals surface area contributed by atoms with E-state index in [1.165, 1.54) is 70.8 Å². The maximum atomic E-state index is 3.82. The Morgan fingerprint density at radius 1 is 1.00 bits per heavy atom. The first-order valence-corrected chi connectivity index (χ1v) is 7.60. The van der Waals surface area contributed by atoms with E-state index < -0.39 is 0 Å². The van der Waals surface area contributed by atoms with Crippen LogP contribution < -0.4 is 5.32 Å². The minimum Gasteiger partial charge on any atom is -0.358 e. The van der Waals surface area contributed by atoms with E-state index in [0.29, 0.717) is 0 Å². The second-order valence-corrected chi connectivity index (χ2v) is 5.54. The average molecular weight is 329 g/mol. The first-order valence-electron chi connectivity index (χ1n) is 7.60. The van der Waals surface area contributed by atoms with Gasteiger partial charge in [-0.05, 0) is 38.1 Å². The van der Waals surface area contributed by atoms with Crippen molar-refractivity contribution in [3.8, 4) is 0 Å².